The summed E-state index contributed by atoms with van der Waals surface area (Å²) in [5, 5.41) is 5.98. The maximum atomic E-state index is 11.6. The van der Waals surface area contributed by atoms with Crippen molar-refractivity contribution in [3.63, 3.8) is 0 Å². The number of benzene rings is 1. The zero-order valence-corrected chi connectivity index (χ0v) is 10.1. The van der Waals surface area contributed by atoms with Crippen molar-refractivity contribution < 1.29 is 9.59 Å². The lowest BCUT2D eigenvalue weighted by atomic mass is 10.0. The SMILES string of the molecule is NC(=O)c1ccccc1CNC1CCCNC1=O. The van der Waals surface area contributed by atoms with E-state index in [4.69, 9.17) is 5.73 Å². The zero-order valence-electron chi connectivity index (χ0n) is 10.1. The number of hydrogen-bond acceptors (Lipinski definition) is 3. The average molecular weight is 247 g/mol. The maximum absolute atomic E-state index is 11.6. The van der Waals surface area contributed by atoms with Gasteiger partial charge in [0.25, 0.3) is 0 Å². The molecule has 0 aliphatic carbocycles. The summed E-state index contributed by atoms with van der Waals surface area (Å²) in [7, 11) is 0. The smallest absolute Gasteiger partial charge is 0.249 e. The molecule has 1 aliphatic heterocycles. The molecular formula is C13H17N3O2. The first-order chi connectivity index (χ1) is 8.68. The number of nitrogens with two attached hydrogens (primary N) is 1. The molecule has 18 heavy (non-hydrogen) atoms. The van der Waals surface area contributed by atoms with Crippen LogP contribution in [0.5, 0.6) is 0 Å². The number of carbonyl (C=O) groups is 2. The number of nitrogens with one attached hydrogen (secondary N) is 2. The molecule has 5 heteroatoms. The van der Waals surface area contributed by atoms with Crippen LogP contribution in [-0.4, -0.2) is 24.4 Å². The van der Waals surface area contributed by atoms with Crippen LogP contribution in [-0.2, 0) is 11.3 Å². The molecular weight excluding hydrogens is 230 g/mol. The molecule has 1 fully saturated rings. The molecule has 1 aromatic rings. The van der Waals surface area contributed by atoms with Gasteiger partial charge >= 0.3 is 0 Å². The van der Waals surface area contributed by atoms with Gasteiger partial charge in [-0.3, -0.25) is 9.59 Å². The normalized spacial score (nSPS) is 19.3. The summed E-state index contributed by atoms with van der Waals surface area (Å²) in [5.74, 6) is -0.418. The Bertz CT molecular complexity index is 459. The van der Waals surface area contributed by atoms with E-state index in [-0.39, 0.29) is 11.9 Å². The van der Waals surface area contributed by atoms with Crippen LogP contribution in [0.25, 0.3) is 0 Å². The Morgan fingerprint density at radius 2 is 2.22 bits per heavy atom. The zero-order chi connectivity index (χ0) is 13.0. The van der Waals surface area contributed by atoms with Gasteiger partial charge in [0.2, 0.25) is 11.8 Å². The molecule has 96 valence electrons. The van der Waals surface area contributed by atoms with Crippen molar-refractivity contribution in [3.05, 3.63) is 35.4 Å². The number of carbonyl (C=O) groups excluding carboxylic acids is 2. The molecule has 5 nitrogen and oxygen atoms in total. The highest BCUT2D eigenvalue weighted by Crippen LogP contribution is 2.09. The Hall–Kier alpha value is -1.88. The lowest BCUT2D eigenvalue weighted by molar-refractivity contribution is -0.124. The van der Waals surface area contributed by atoms with Gasteiger partial charge < -0.3 is 16.4 Å². The Kier molecular flexibility index (Phi) is 3.94. The Morgan fingerprint density at radius 1 is 1.44 bits per heavy atom. The summed E-state index contributed by atoms with van der Waals surface area (Å²) in [6.45, 7) is 1.21. The average Bonchev–Trinajstić information content (AvgIpc) is 2.38. The Morgan fingerprint density at radius 3 is 2.94 bits per heavy atom. The van der Waals surface area contributed by atoms with Crippen LogP contribution in [0, 0.1) is 0 Å². The van der Waals surface area contributed by atoms with Crippen molar-refractivity contribution in [2.45, 2.75) is 25.4 Å². The molecule has 2 amide bonds. The molecule has 1 saturated heterocycles. The fourth-order valence-electron chi connectivity index (χ4n) is 2.11. The number of piperidine rings is 1. The van der Waals surface area contributed by atoms with Crippen LogP contribution in [0.15, 0.2) is 24.3 Å². The fourth-order valence-corrected chi connectivity index (χ4v) is 2.11. The number of amides is 2. The number of rotatable bonds is 4. The molecule has 0 aromatic heterocycles. The highest BCUT2D eigenvalue weighted by molar-refractivity contribution is 5.94. The Balaban J connectivity index is 2.01. The van der Waals surface area contributed by atoms with Gasteiger partial charge in [-0.1, -0.05) is 18.2 Å². The summed E-state index contributed by atoms with van der Waals surface area (Å²) in [5.41, 5.74) is 6.63. The van der Waals surface area contributed by atoms with Gasteiger partial charge in [0.1, 0.15) is 0 Å². The summed E-state index contributed by atoms with van der Waals surface area (Å²) in [4.78, 5) is 22.8. The van der Waals surface area contributed by atoms with Crippen molar-refractivity contribution >= 4 is 11.8 Å². The predicted molar refractivity (Wildman–Crippen MR) is 67.8 cm³/mol. The summed E-state index contributed by atoms with van der Waals surface area (Å²) in [6, 6.07) is 6.98. The molecule has 0 spiro atoms. The molecule has 1 atom stereocenters. The van der Waals surface area contributed by atoms with E-state index in [1.807, 2.05) is 12.1 Å². The van der Waals surface area contributed by atoms with Crippen LogP contribution in [0.2, 0.25) is 0 Å². The van der Waals surface area contributed by atoms with Gasteiger partial charge in [-0.25, -0.2) is 0 Å². The van der Waals surface area contributed by atoms with Crippen LogP contribution in [0.1, 0.15) is 28.8 Å². The van der Waals surface area contributed by atoms with Crippen LogP contribution < -0.4 is 16.4 Å². The van der Waals surface area contributed by atoms with Crippen LogP contribution >= 0.6 is 0 Å². The van der Waals surface area contributed by atoms with E-state index in [0.29, 0.717) is 12.1 Å². The second-order valence-electron chi connectivity index (χ2n) is 4.39. The third-order valence-corrected chi connectivity index (χ3v) is 3.11. The molecule has 4 N–H and O–H groups in total. The van der Waals surface area contributed by atoms with Crippen molar-refractivity contribution in [3.8, 4) is 0 Å². The van der Waals surface area contributed by atoms with E-state index in [1.54, 1.807) is 12.1 Å². The number of primary amides is 1. The Labute approximate surface area is 106 Å². The first-order valence-electron chi connectivity index (χ1n) is 6.07. The van der Waals surface area contributed by atoms with Crippen molar-refractivity contribution in [2.24, 2.45) is 5.73 Å². The second kappa shape index (κ2) is 5.64. The van der Waals surface area contributed by atoms with E-state index in [2.05, 4.69) is 10.6 Å². The van der Waals surface area contributed by atoms with Crippen LogP contribution in [0.4, 0.5) is 0 Å². The first-order valence-corrected chi connectivity index (χ1v) is 6.07. The molecule has 1 aromatic carbocycles. The summed E-state index contributed by atoms with van der Waals surface area (Å²) >= 11 is 0. The van der Waals surface area contributed by atoms with Gasteiger partial charge in [0.15, 0.2) is 0 Å². The van der Waals surface area contributed by atoms with E-state index in [9.17, 15) is 9.59 Å². The van der Waals surface area contributed by atoms with E-state index in [0.717, 1.165) is 24.9 Å². The van der Waals surface area contributed by atoms with Gasteiger partial charge in [-0.05, 0) is 24.5 Å². The van der Waals surface area contributed by atoms with E-state index in [1.165, 1.54) is 0 Å². The highest BCUT2D eigenvalue weighted by Gasteiger charge is 2.21. The third-order valence-electron chi connectivity index (χ3n) is 3.11. The highest BCUT2D eigenvalue weighted by atomic mass is 16.2. The van der Waals surface area contributed by atoms with Gasteiger partial charge in [-0.2, -0.15) is 0 Å². The molecule has 1 aliphatic rings. The standard InChI is InChI=1S/C13H17N3O2/c14-12(17)10-5-2-1-4-9(10)8-16-11-6-3-7-15-13(11)18/h1-2,4-5,11,16H,3,6-8H2,(H2,14,17)(H,15,18). The van der Waals surface area contributed by atoms with Crippen molar-refractivity contribution in [2.75, 3.05) is 6.54 Å². The molecule has 0 radical (unpaired) electrons. The third kappa shape index (κ3) is 2.87. The second-order valence-corrected chi connectivity index (χ2v) is 4.39. The topological polar surface area (TPSA) is 84.2 Å². The predicted octanol–water partition coefficient (Wildman–Crippen LogP) is 0.154. The van der Waals surface area contributed by atoms with Gasteiger partial charge in [0.05, 0.1) is 6.04 Å². The summed E-state index contributed by atoms with van der Waals surface area (Å²) in [6.07, 6.45) is 1.80. The lowest BCUT2D eigenvalue weighted by Crippen LogP contribution is -2.48. The minimum absolute atomic E-state index is 0.0257. The van der Waals surface area contributed by atoms with E-state index < -0.39 is 5.91 Å². The molecule has 1 heterocycles. The number of hydrogen-bond donors (Lipinski definition) is 3. The quantitative estimate of drug-likeness (QED) is 0.708. The van der Waals surface area contributed by atoms with E-state index >= 15 is 0 Å². The molecule has 1 unspecified atom stereocenters. The van der Waals surface area contributed by atoms with Crippen molar-refractivity contribution in [1.29, 1.82) is 0 Å². The molecule has 0 bridgehead atoms. The fraction of sp³-hybridized carbons (Fsp3) is 0.385. The van der Waals surface area contributed by atoms with Crippen LogP contribution in [0.3, 0.4) is 0 Å². The van der Waals surface area contributed by atoms with Crippen molar-refractivity contribution in [1.82, 2.24) is 10.6 Å². The minimum Gasteiger partial charge on any atom is -0.366 e. The summed E-state index contributed by atoms with van der Waals surface area (Å²) < 4.78 is 0. The van der Waals surface area contributed by atoms with Gasteiger partial charge in [-0.15, -0.1) is 0 Å². The molecule has 2 rings (SSSR count). The first kappa shape index (κ1) is 12.6. The molecule has 0 saturated carbocycles. The minimum atomic E-state index is -0.444. The maximum Gasteiger partial charge on any atom is 0.249 e. The largest absolute Gasteiger partial charge is 0.366 e. The lowest BCUT2D eigenvalue weighted by Gasteiger charge is -2.23. The monoisotopic (exact) mass is 247 g/mol. The van der Waals surface area contributed by atoms with Gasteiger partial charge in [0, 0.05) is 18.7 Å².